The Morgan fingerprint density at radius 3 is 2.48 bits per heavy atom. The van der Waals surface area contributed by atoms with Crippen LogP contribution in [0, 0.1) is 0 Å². The third kappa shape index (κ3) is 10.1. The lowest BCUT2D eigenvalue weighted by molar-refractivity contribution is -0.121. The van der Waals surface area contributed by atoms with E-state index in [9.17, 15) is 4.79 Å². The Morgan fingerprint density at radius 1 is 1.29 bits per heavy atom. The van der Waals surface area contributed by atoms with Crippen LogP contribution in [0.2, 0.25) is 0 Å². The Labute approximate surface area is 129 Å². The summed E-state index contributed by atoms with van der Waals surface area (Å²) in [6.45, 7) is 11.9. The zero-order valence-corrected chi connectivity index (χ0v) is 14.4. The predicted molar refractivity (Wildman–Crippen MR) is 87.6 cm³/mol. The maximum Gasteiger partial charge on any atom is 0.221 e. The molecule has 3 N–H and O–H groups in total. The number of aliphatic imine (C=N–C) groups is 1. The van der Waals surface area contributed by atoms with E-state index in [-0.39, 0.29) is 17.6 Å². The number of guanidine groups is 1. The van der Waals surface area contributed by atoms with Gasteiger partial charge in [-0.1, -0.05) is 6.92 Å². The molecule has 1 amide bonds. The highest BCUT2D eigenvalue weighted by Gasteiger charge is 2.15. The Bertz CT molecular complexity index is 330. The number of nitrogens with one attached hydrogen (secondary N) is 3. The van der Waals surface area contributed by atoms with Crippen LogP contribution in [0.15, 0.2) is 4.99 Å². The standard InChI is InChI=1S/C15H32N4O2/c1-7-12(3)19-13(20)9-10-17-14(16-8-2)18-11-15(4,5)21-6/h12H,7-11H2,1-6H3,(H,19,20)(H2,16,17,18). The van der Waals surface area contributed by atoms with Gasteiger partial charge in [0.2, 0.25) is 5.91 Å². The van der Waals surface area contributed by atoms with Gasteiger partial charge in [-0.25, -0.2) is 0 Å². The van der Waals surface area contributed by atoms with Crippen LogP contribution in [0.25, 0.3) is 0 Å². The van der Waals surface area contributed by atoms with Gasteiger partial charge in [0.05, 0.1) is 12.1 Å². The minimum absolute atomic E-state index is 0.0601. The Hall–Kier alpha value is -1.30. The number of hydrogen-bond donors (Lipinski definition) is 3. The molecule has 1 atom stereocenters. The van der Waals surface area contributed by atoms with E-state index < -0.39 is 0 Å². The molecule has 0 rings (SSSR count). The SMILES string of the molecule is CCNC(=NCC(C)(C)OC)NCCC(=O)NC(C)CC. The van der Waals surface area contributed by atoms with E-state index in [1.807, 2.05) is 27.7 Å². The van der Waals surface area contributed by atoms with Crippen molar-refractivity contribution in [3.63, 3.8) is 0 Å². The quantitative estimate of drug-likeness (QED) is 0.443. The normalized spacial score (nSPS) is 13.7. The molecule has 6 heteroatoms. The molecule has 0 aromatic heterocycles. The molecule has 0 aliphatic heterocycles. The second kappa shape index (κ2) is 10.4. The molecule has 0 heterocycles. The molecule has 0 saturated carbocycles. The van der Waals surface area contributed by atoms with Crippen LogP contribution >= 0.6 is 0 Å². The minimum Gasteiger partial charge on any atom is -0.377 e. The van der Waals surface area contributed by atoms with Gasteiger partial charge in [0.1, 0.15) is 0 Å². The van der Waals surface area contributed by atoms with Gasteiger partial charge in [-0.05, 0) is 34.1 Å². The fourth-order valence-electron chi connectivity index (χ4n) is 1.42. The van der Waals surface area contributed by atoms with Crippen molar-refractivity contribution in [1.82, 2.24) is 16.0 Å². The average molecular weight is 300 g/mol. The largest absolute Gasteiger partial charge is 0.377 e. The Kier molecular flexibility index (Phi) is 9.78. The first-order chi connectivity index (χ1) is 9.84. The fourth-order valence-corrected chi connectivity index (χ4v) is 1.42. The summed E-state index contributed by atoms with van der Waals surface area (Å²) in [4.78, 5) is 16.2. The lowest BCUT2D eigenvalue weighted by Crippen LogP contribution is -2.41. The highest BCUT2D eigenvalue weighted by Crippen LogP contribution is 2.06. The highest BCUT2D eigenvalue weighted by atomic mass is 16.5. The van der Waals surface area contributed by atoms with Crippen molar-refractivity contribution in [2.75, 3.05) is 26.7 Å². The van der Waals surface area contributed by atoms with Crippen LogP contribution in [0.5, 0.6) is 0 Å². The van der Waals surface area contributed by atoms with Gasteiger partial charge in [-0.15, -0.1) is 0 Å². The fraction of sp³-hybridized carbons (Fsp3) is 0.867. The molecule has 0 aliphatic rings. The third-order valence-electron chi connectivity index (χ3n) is 3.18. The van der Waals surface area contributed by atoms with E-state index in [2.05, 4.69) is 27.9 Å². The van der Waals surface area contributed by atoms with E-state index in [4.69, 9.17) is 4.74 Å². The van der Waals surface area contributed by atoms with Crippen LogP contribution < -0.4 is 16.0 Å². The van der Waals surface area contributed by atoms with Crippen molar-refractivity contribution in [1.29, 1.82) is 0 Å². The van der Waals surface area contributed by atoms with E-state index in [0.717, 1.165) is 13.0 Å². The van der Waals surface area contributed by atoms with Crippen LogP contribution in [0.4, 0.5) is 0 Å². The predicted octanol–water partition coefficient (Wildman–Crippen LogP) is 1.27. The van der Waals surface area contributed by atoms with Crippen LogP contribution in [0.1, 0.15) is 47.5 Å². The van der Waals surface area contributed by atoms with E-state index >= 15 is 0 Å². The number of hydrogen-bond acceptors (Lipinski definition) is 3. The molecule has 0 aromatic rings. The smallest absolute Gasteiger partial charge is 0.221 e. The molecule has 0 aromatic carbocycles. The molecule has 0 saturated heterocycles. The molecule has 0 radical (unpaired) electrons. The van der Waals surface area contributed by atoms with E-state index in [0.29, 0.717) is 25.5 Å². The number of carbonyl (C=O) groups excluding carboxylic acids is 1. The van der Waals surface area contributed by atoms with Crippen molar-refractivity contribution in [3.8, 4) is 0 Å². The van der Waals surface area contributed by atoms with Gasteiger partial charge in [0.25, 0.3) is 0 Å². The first-order valence-electron chi connectivity index (χ1n) is 7.71. The summed E-state index contributed by atoms with van der Waals surface area (Å²) >= 11 is 0. The van der Waals surface area contributed by atoms with Crippen molar-refractivity contribution >= 4 is 11.9 Å². The summed E-state index contributed by atoms with van der Waals surface area (Å²) in [6.07, 6.45) is 1.37. The Morgan fingerprint density at radius 2 is 1.95 bits per heavy atom. The van der Waals surface area contributed by atoms with Gasteiger partial charge in [-0.3, -0.25) is 9.79 Å². The maximum atomic E-state index is 11.7. The molecule has 0 fully saturated rings. The summed E-state index contributed by atoms with van der Waals surface area (Å²) in [5.74, 6) is 0.767. The molecule has 21 heavy (non-hydrogen) atoms. The molecule has 124 valence electrons. The zero-order chi connectivity index (χ0) is 16.3. The number of methoxy groups -OCH3 is 1. The maximum absolute atomic E-state index is 11.7. The lowest BCUT2D eigenvalue weighted by Gasteiger charge is -2.21. The van der Waals surface area contributed by atoms with Gasteiger partial charge in [0, 0.05) is 32.7 Å². The molecule has 0 bridgehead atoms. The van der Waals surface area contributed by atoms with Crippen LogP contribution in [-0.4, -0.2) is 50.3 Å². The summed E-state index contributed by atoms with van der Waals surface area (Å²) in [7, 11) is 1.68. The van der Waals surface area contributed by atoms with Crippen molar-refractivity contribution in [3.05, 3.63) is 0 Å². The summed E-state index contributed by atoms with van der Waals surface area (Å²) in [5.41, 5.74) is -0.295. The summed E-state index contributed by atoms with van der Waals surface area (Å²) < 4.78 is 5.34. The third-order valence-corrected chi connectivity index (χ3v) is 3.18. The molecular formula is C15H32N4O2. The van der Waals surface area contributed by atoms with Crippen LogP contribution in [0.3, 0.4) is 0 Å². The number of rotatable bonds is 9. The summed E-state index contributed by atoms with van der Waals surface area (Å²) in [6, 6.07) is 0.224. The van der Waals surface area contributed by atoms with Gasteiger partial charge in [-0.2, -0.15) is 0 Å². The first kappa shape index (κ1) is 19.7. The topological polar surface area (TPSA) is 74.8 Å². The molecule has 0 spiro atoms. The van der Waals surface area contributed by atoms with Crippen molar-refractivity contribution in [2.24, 2.45) is 4.99 Å². The van der Waals surface area contributed by atoms with Crippen LogP contribution in [-0.2, 0) is 9.53 Å². The highest BCUT2D eigenvalue weighted by molar-refractivity contribution is 5.81. The van der Waals surface area contributed by atoms with E-state index in [1.165, 1.54) is 0 Å². The first-order valence-corrected chi connectivity index (χ1v) is 7.71. The lowest BCUT2D eigenvalue weighted by atomic mass is 10.1. The van der Waals surface area contributed by atoms with Crippen molar-refractivity contribution in [2.45, 2.75) is 59.1 Å². The number of nitrogens with zero attached hydrogens (tertiary/aromatic N) is 1. The average Bonchev–Trinajstić information content (AvgIpc) is 2.44. The second-order valence-corrected chi connectivity index (χ2v) is 5.71. The summed E-state index contributed by atoms with van der Waals surface area (Å²) in [5, 5.41) is 9.26. The number of amides is 1. The molecule has 1 unspecified atom stereocenters. The van der Waals surface area contributed by atoms with Gasteiger partial charge in [0.15, 0.2) is 5.96 Å². The second-order valence-electron chi connectivity index (χ2n) is 5.71. The monoisotopic (exact) mass is 300 g/mol. The minimum atomic E-state index is -0.295. The molecule has 0 aliphatic carbocycles. The number of ether oxygens (including phenoxy) is 1. The number of carbonyl (C=O) groups is 1. The Balaban J connectivity index is 4.21. The van der Waals surface area contributed by atoms with E-state index in [1.54, 1.807) is 7.11 Å². The van der Waals surface area contributed by atoms with Gasteiger partial charge < -0.3 is 20.7 Å². The van der Waals surface area contributed by atoms with Gasteiger partial charge >= 0.3 is 0 Å². The molecule has 6 nitrogen and oxygen atoms in total. The zero-order valence-electron chi connectivity index (χ0n) is 14.4. The van der Waals surface area contributed by atoms with Crippen molar-refractivity contribution < 1.29 is 9.53 Å². The molecular weight excluding hydrogens is 268 g/mol.